The number of fused-ring (bicyclic) bond motifs is 1. The number of aryl methyl sites for hydroxylation is 2. The highest BCUT2D eigenvalue weighted by Crippen LogP contribution is 2.24. The minimum Gasteiger partial charge on any atom is -0.334 e. The molecule has 150 valence electrons. The molecule has 10 heteroatoms. The highest BCUT2D eigenvalue weighted by Gasteiger charge is 2.20. The molecule has 0 aliphatic heterocycles. The van der Waals surface area contributed by atoms with Crippen LogP contribution in [0.15, 0.2) is 35.2 Å². The van der Waals surface area contributed by atoms with Crippen LogP contribution >= 0.6 is 15.9 Å². The van der Waals surface area contributed by atoms with Crippen LogP contribution in [0.1, 0.15) is 28.8 Å². The van der Waals surface area contributed by atoms with Crippen molar-refractivity contribution in [2.75, 3.05) is 7.05 Å². The first-order valence-corrected chi connectivity index (χ1v) is 9.99. The van der Waals surface area contributed by atoms with E-state index in [9.17, 15) is 4.79 Å². The second-order valence-electron chi connectivity index (χ2n) is 6.81. The molecule has 0 saturated carbocycles. The van der Waals surface area contributed by atoms with Gasteiger partial charge in [0.1, 0.15) is 0 Å². The van der Waals surface area contributed by atoms with Crippen LogP contribution in [0.4, 0.5) is 0 Å². The van der Waals surface area contributed by atoms with Gasteiger partial charge < -0.3 is 4.90 Å². The first kappa shape index (κ1) is 19.3. The lowest BCUT2D eigenvalue weighted by Gasteiger charge is -2.16. The fourth-order valence-electron chi connectivity index (χ4n) is 3.33. The summed E-state index contributed by atoms with van der Waals surface area (Å²) in [7, 11) is 3.59. The molecule has 0 unspecified atom stereocenters. The van der Waals surface area contributed by atoms with E-state index in [0.717, 1.165) is 33.7 Å². The second-order valence-corrected chi connectivity index (χ2v) is 7.67. The third-order valence-corrected chi connectivity index (χ3v) is 5.66. The van der Waals surface area contributed by atoms with Crippen LogP contribution in [0.25, 0.3) is 16.9 Å². The summed E-state index contributed by atoms with van der Waals surface area (Å²) in [5, 5.41) is 13.2. The number of rotatable bonds is 5. The van der Waals surface area contributed by atoms with E-state index in [1.807, 2.05) is 37.8 Å². The third-order valence-electron chi connectivity index (χ3n) is 5.00. The van der Waals surface area contributed by atoms with Crippen molar-refractivity contribution in [3.8, 4) is 11.3 Å². The number of amides is 1. The maximum absolute atomic E-state index is 13.0. The highest BCUT2D eigenvalue weighted by molar-refractivity contribution is 9.10. The first-order chi connectivity index (χ1) is 13.9. The normalized spacial score (nSPS) is 11.3. The number of halogens is 1. The molecule has 0 spiro atoms. The largest absolute Gasteiger partial charge is 0.334 e. The van der Waals surface area contributed by atoms with Gasteiger partial charge in [-0.3, -0.25) is 14.2 Å². The molecule has 4 aromatic heterocycles. The van der Waals surface area contributed by atoms with Crippen LogP contribution in [0.2, 0.25) is 0 Å². The van der Waals surface area contributed by atoms with Gasteiger partial charge in [0, 0.05) is 44.2 Å². The van der Waals surface area contributed by atoms with Crippen LogP contribution in [0.3, 0.4) is 0 Å². The minimum atomic E-state index is -0.185. The Labute approximate surface area is 176 Å². The summed E-state index contributed by atoms with van der Waals surface area (Å²) in [4.78, 5) is 19.0. The average Bonchev–Trinajstić information content (AvgIpc) is 3.39. The zero-order valence-corrected chi connectivity index (χ0v) is 18.3. The Morgan fingerprint density at radius 3 is 2.72 bits per heavy atom. The van der Waals surface area contributed by atoms with Crippen molar-refractivity contribution < 1.29 is 4.79 Å². The van der Waals surface area contributed by atoms with Crippen LogP contribution in [0.5, 0.6) is 0 Å². The second kappa shape index (κ2) is 7.43. The number of nitrogens with zero attached hydrogens (tertiary/aromatic N) is 8. The van der Waals surface area contributed by atoms with E-state index >= 15 is 0 Å². The molecule has 4 aromatic rings. The Kier molecular flexibility index (Phi) is 4.95. The number of carbonyl (C=O) groups is 1. The lowest BCUT2D eigenvalue weighted by Crippen LogP contribution is -2.27. The predicted octanol–water partition coefficient (Wildman–Crippen LogP) is 2.69. The number of aromatic nitrogens is 7. The molecule has 0 aliphatic rings. The van der Waals surface area contributed by atoms with Crippen molar-refractivity contribution in [3.63, 3.8) is 0 Å². The average molecular weight is 457 g/mol. The number of hydrogen-bond donors (Lipinski definition) is 0. The van der Waals surface area contributed by atoms with Gasteiger partial charge >= 0.3 is 0 Å². The van der Waals surface area contributed by atoms with Gasteiger partial charge in [-0.25, -0.2) is 9.50 Å². The Morgan fingerprint density at radius 2 is 2.07 bits per heavy atom. The Bertz CT molecular complexity index is 1180. The number of hydrogen-bond acceptors (Lipinski definition) is 5. The molecule has 1 amide bonds. The summed E-state index contributed by atoms with van der Waals surface area (Å²) < 4.78 is 6.23. The van der Waals surface area contributed by atoms with Crippen molar-refractivity contribution in [2.45, 2.75) is 26.9 Å². The maximum atomic E-state index is 13.0. The van der Waals surface area contributed by atoms with E-state index in [0.29, 0.717) is 17.9 Å². The molecule has 0 saturated heterocycles. The van der Waals surface area contributed by atoms with Gasteiger partial charge in [-0.2, -0.15) is 15.3 Å². The van der Waals surface area contributed by atoms with Crippen molar-refractivity contribution in [1.29, 1.82) is 0 Å². The summed E-state index contributed by atoms with van der Waals surface area (Å²) in [6.07, 6.45) is 5.26. The lowest BCUT2D eigenvalue weighted by atomic mass is 10.2. The quantitative estimate of drug-likeness (QED) is 0.460. The van der Waals surface area contributed by atoms with E-state index in [4.69, 9.17) is 0 Å². The molecule has 0 radical (unpaired) electrons. The molecule has 0 aliphatic carbocycles. The Morgan fingerprint density at radius 1 is 1.28 bits per heavy atom. The van der Waals surface area contributed by atoms with Gasteiger partial charge in [-0.1, -0.05) is 0 Å². The smallest absolute Gasteiger partial charge is 0.274 e. The third kappa shape index (κ3) is 3.33. The van der Waals surface area contributed by atoms with E-state index in [1.54, 1.807) is 39.6 Å². The lowest BCUT2D eigenvalue weighted by molar-refractivity contribution is 0.0775. The Balaban J connectivity index is 1.68. The van der Waals surface area contributed by atoms with Crippen LogP contribution in [-0.2, 0) is 20.1 Å². The molecule has 0 N–H and O–H groups in total. The molecule has 4 rings (SSSR count). The van der Waals surface area contributed by atoms with Crippen molar-refractivity contribution in [3.05, 3.63) is 52.3 Å². The van der Waals surface area contributed by atoms with Crippen LogP contribution < -0.4 is 0 Å². The summed E-state index contributed by atoms with van der Waals surface area (Å²) in [6.45, 7) is 5.27. The van der Waals surface area contributed by atoms with Crippen molar-refractivity contribution in [1.82, 2.24) is 39.1 Å². The van der Waals surface area contributed by atoms with Gasteiger partial charge in [0.05, 0.1) is 34.8 Å². The van der Waals surface area contributed by atoms with Crippen LogP contribution in [-0.4, -0.2) is 52.0 Å². The first-order valence-electron chi connectivity index (χ1n) is 9.20. The molecule has 0 bridgehead atoms. The fourth-order valence-corrected chi connectivity index (χ4v) is 3.80. The van der Waals surface area contributed by atoms with Gasteiger partial charge in [-0.05, 0) is 35.8 Å². The molecular weight excluding hydrogens is 436 g/mol. The monoisotopic (exact) mass is 456 g/mol. The van der Waals surface area contributed by atoms with E-state index in [2.05, 4.69) is 36.2 Å². The van der Waals surface area contributed by atoms with Gasteiger partial charge in [0.15, 0.2) is 11.3 Å². The molecule has 9 nitrogen and oxygen atoms in total. The van der Waals surface area contributed by atoms with E-state index in [-0.39, 0.29) is 5.91 Å². The SMILES string of the molecule is CCn1ncc(-c2ccnc3cc(C(=O)N(C)Cc4c(Br)cnn4C)nn23)c1C. The summed E-state index contributed by atoms with van der Waals surface area (Å²) >= 11 is 3.47. The zero-order chi connectivity index (χ0) is 20.7. The fraction of sp³-hybridized carbons (Fsp3) is 0.316. The van der Waals surface area contributed by atoms with Crippen molar-refractivity contribution in [2.24, 2.45) is 7.05 Å². The van der Waals surface area contributed by atoms with Gasteiger partial charge in [-0.15, -0.1) is 0 Å². The van der Waals surface area contributed by atoms with E-state index < -0.39 is 0 Å². The molecule has 0 atom stereocenters. The molecule has 29 heavy (non-hydrogen) atoms. The van der Waals surface area contributed by atoms with Crippen molar-refractivity contribution >= 4 is 27.5 Å². The number of carbonyl (C=O) groups excluding carboxylic acids is 1. The van der Waals surface area contributed by atoms with Crippen LogP contribution in [0, 0.1) is 6.92 Å². The predicted molar refractivity (Wildman–Crippen MR) is 111 cm³/mol. The maximum Gasteiger partial charge on any atom is 0.274 e. The topological polar surface area (TPSA) is 86.1 Å². The molecular formula is C19H21BrN8O. The van der Waals surface area contributed by atoms with E-state index in [1.165, 1.54) is 0 Å². The molecule has 0 aromatic carbocycles. The Hall–Kier alpha value is -3.01. The minimum absolute atomic E-state index is 0.185. The summed E-state index contributed by atoms with van der Waals surface area (Å²) in [5.41, 5.74) is 4.72. The highest BCUT2D eigenvalue weighted by atomic mass is 79.9. The van der Waals surface area contributed by atoms with Gasteiger partial charge in [0.25, 0.3) is 5.91 Å². The summed E-state index contributed by atoms with van der Waals surface area (Å²) in [6, 6.07) is 3.59. The summed E-state index contributed by atoms with van der Waals surface area (Å²) in [5.74, 6) is -0.185. The van der Waals surface area contributed by atoms with Gasteiger partial charge in [0.2, 0.25) is 0 Å². The standard InChI is InChI=1S/C19H21BrN8O/c1-5-27-12(2)13(9-23-27)16-6-7-21-18-8-15(24-28(16)18)19(29)25(3)11-17-14(20)10-22-26(17)4/h6-10H,5,11H2,1-4H3. The zero-order valence-electron chi connectivity index (χ0n) is 16.7. The molecule has 0 fully saturated rings. The molecule has 4 heterocycles.